The first kappa shape index (κ1) is 13.4. The van der Waals surface area contributed by atoms with Crippen molar-refractivity contribution in [2.45, 2.75) is 31.6 Å². The van der Waals surface area contributed by atoms with Crippen LogP contribution in [0.1, 0.15) is 30.4 Å². The Bertz CT molecular complexity index is 395. The second kappa shape index (κ2) is 5.72. The average molecular weight is 249 g/mol. The van der Waals surface area contributed by atoms with Gasteiger partial charge in [-0.3, -0.25) is 0 Å². The van der Waals surface area contributed by atoms with Crippen LogP contribution in [0.15, 0.2) is 18.2 Å². The van der Waals surface area contributed by atoms with Gasteiger partial charge in [0, 0.05) is 5.41 Å². The maximum absolute atomic E-state index is 9.88. The third-order valence-corrected chi connectivity index (χ3v) is 4.10. The van der Waals surface area contributed by atoms with Gasteiger partial charge in [-0.25, -0.2) is 0 Å². The van der Waals surface area contributed by atoms with Crippen LogP contribution in [-0.4, -0.2) is 31.9 Å². The lowest BCUT2D eigenvalue weighted by atomic mass is 9.75. The highest BCUT2D eigenvalue weighted by Crippen LogP contribution is 2.35. The monoisotopic (exact) mass is 249 g/mol. The summed E-state index contributed by atoms with van der Waals surface area (Å²) in [5, 5.41) is 13.3. The van der Waals surface area contributed by atoms with Gasteiger partial charge in [0.05, 0.1) is 13.7 Å². The molecule has 1 atom stereocenters. The van der Waals surface area contributed by atoms with Crippen LogP contribution in [0.25, 0.3) is 0 Å². The summed E-state index contributed by atoms with van der Waals surface area (Å²) in [6, 6.07) is 6.29. The van der Waals surface area contributed by atoms with E-state index in [-0.39, 0.29) is 12.0 Å². The number of ether oxygens (including phenoxy) is 1. The lowest BCUT2D eigenvalue weighted by Crippen LogP contribution is -2.31. The molecule has 2 N–H and O–H groups in total. The van der Waals surface area contributed by atoms with Crippen molar-refractivity contribution in [2.75, 3.05) is 26.8 Å². The Hall–Kier alpha value is -1.06. The van der Waals surface area contributed by atoms with Crippen molar-refractivity contribution < 1.29 is 9.84 Å². The van der Waals surface area contributed by atoms with Gasteiger partial charge in [-0.2, -0.15) is 0 Å². The minimum absolute atomic E-state index is 0.0828. The van der Waals surface area contributed by atoms with Crippen LogP contribution < -0.4 is 10.1 Å². The molecule has 0 radical (unpaired) electrons. The summed E-state index contributed by atoms with van der Waals surface area (Å²) >= 11 is 0. The van der Waals surface area contributed by atoms with Gasteiger partial charge in [-0.15, -0.1) is 0 Å². The van der Waals surface area contributed by atoms with E-state index in [2.05, 4.69) is 24.4 Å². The van der Waals surface area contributed by atoms with E-state index in [1.165, 1.54) is 5.56 Å². The zero-order valence-electron chi connectivity index (χ0n) is 11.3. The molecule has 0 saturated carbocycles. The molecule has 1 aliphatic heterocycles. The highest BCUT2D eigenvalue weighted by molar-refractivity contribution is 5.39. The molecule has 1 unspecified atom stereocenters. The third-order valence-electron chi connectivity index (χ3n) is 4.10. The number of hydrogen-bond donors (Lipinski definition) is 2. The first-order chi connectivity index (χ1) is 8.72. The highest BCUT2D eigenvalue weighted by atomic mass is 16.5. The van der Waals surface area contributed by atoms with Gasteiger partial charge < -0.3 is 15.2 Å². The van der Waals surface area contributed by atoms with Gasteiger partial charge in [0.15, 0.2) is 0 Å². The van der Waals surface area contributed by atoms with Gasteiger partial charge in [0.25, 0.3) is 0 Å². The number of aliphatic hydroxyl groups excluding tert-OH is 1. The molecule has 1 heterocycles. The van der Waals surface area contributed by atoms with E-state index in [9.17, 15) is 5.11 Å². The van der Waals surface area contributed by atoms with E-state index in [0.29, 0.717) is 0 Å². The summed E-state index contributed by atoms with van der Waals surface area (Å²) < 4.78 is 5.30. The Labute approximate surface area is 109 Å². The number of aryl methyl sites for hydroxylation is 1. The molecule has 1 saturated heterocycles. The second-order valence-electron chi connectivity index (χ2n) is 5.23. The van der Waals surface area contributed by atoms with Crippen molar-refractivity contribution in [2.24, 2.45) is 0 Å². The van der Waals surface area contributed by atoms with Crippen molar-refractivity contribution in [1.82, 2.24) is 5.32 Å². The Morgan fingerprint density at radius 3 is 2.83 bits per heavy atom. The van der Waals surface area contributed by atoms with Gasteiger partial charge in [0.1, 0.15) is 5.75 Å². The van der Waals surface area contributed by atoms with Crippen LogP contribution in [-0.2, 0) is 5.41 Å². The summed E-state index contributed by atoms with van der Waals surface area (Å²) in [4.78, 5) is 0. The fraction of sp³-hybridized carbons (Fsp3) is 0.600. The molecular formula is C15H23NO2. The van der Waals surface area contributed by atoms with Crippen molar-refractivity contribution in [1.29, 1.82) is 0 Å². The minimum atomic E-state index is -0.0828. The van der Waals surface area contributed by atoms with Crippen LogP contribution in [0.4, 0.5) is 0 Å². The molecule has 0 aromatic heterocycles. The fourth-order valence-electron chi connectivity index (χ4n) is 2.88. The van der Waals surface area contributed by atoms with Crippen LogP contribution >= 0.6 is 0 Å². The summed E-state index contributed by atoms with van der Waals surface area (Å²) in [6.07, 6.45) is 3.16. The van der Waals surface area contributed by atoms with Crippen LogP contribution in [0.5, 0.6) is 5.75 Å². The lowest BCUT2D eigenvalue weighted by molar-refractivity contribution is 0.178. The number of benzene rings is 1. The number of rotatable bonds is 3. The van der Waals surface area contributed by atoms with E-state index < -0.39 is 0 Å². The Morgan fingerprint density at radius 1 is 1.33 bits per heavy atom. The molecule has 1 aromatic rings. The van der Waals surface area contributed by atoms with Crippen LogP contribution in [0.2, 0.25) is 0 Å². The van der Waals surface area contributed by atoms with Crippen molar-refractivity contribution >= 4 is 0 Å². The molecule has 18 heavy (non-hydrogen) atoms. The molecule has 2 rings (SSSR count). The predicted molar refractivity (Wildman–Crippen MR) is 73.2 cm³/mol. The normalized spacial score (nSPS) is 24.6. The molecule has 100 valence electrons. The number of hydrogen-bond acceptors (Lipinski definition) is 3. The smallest absolute Gasteiger partial charge is 0.121 e. The van der Waals surface area contributed by atoms with E-state index in [1.54, 1.807) is 7.11 Å². The summed E-state index contributed by atoms with van der Waals surface area (Å²) in [6.45, 7) is 4.31. The van der Waals surface area contributed by atoms with Gasteiger partial charge in [-0.05, 0) is 56.5 Å². The average Bonchev–Trinajstić information content (AvgIpc) is 2.65. The first-order valence-corrected chi connectivity index (χ1v) is 6.68. The summed E-state index contributed by atoms with van der Waals surface area (Å²) in [5.74, 6) is 0.915. The SMILES string of the molecule is COc1ccc(C2(CO)CCCNCC2)cc1C. The maximum Gasteiger partial charge on any atom is 0.121 e. The number of nitrogens with one attached hydrogen (secondary N) is 1. The molecule has 0 amide bonds. The number of aliphatic hydroxyl groups is 1. The molecule has 1 aromatic carbocycles. The molecular weight excluding hydrogens is 226 g/mol. The fourth-order valence-corrected chi connectivity index (χ4v) is 2.88. The summed E-state index contributed by atoms with van der Waals surface area (Å²) in [7, 11) is 1.69. The topological polar surface area (TPSA) is 41.5 Å². The van der Waals surface area contributed by atoms with E-state index in [4.69, 9.17) is 4.74 Å². The molecule has 1 aliphatic rings. The van der Waals surface area contributed by atoms with E-state index in [0.717, 1.165) is 43.7 Å². The van der Waals surface area contributed by atoms with E-state index in [1.807, 2.05) is 6.07 Å². The second-order valence-corrected chi connectivity index (χ2v) is 5.23. The van der Waals surface area contributed by atoms with Gasteiger partial charge in [-0.1, -0.05) is 12.1 Å². The molecule has 0 spiro atoms. The van der Waals surface area contributed by atoms with Gasteiger partial charge in [0.2, 0.25) is 0 Å². The van der Waals surface area contributed by atoms with E-state index >= 15 is 0 Å². The number of methoxy groups -OCH3 is 1. The maximum atomic E-state index is 9.88. The largest absolute Gasteiger partial charge is 0.496 e. The molecule has 0 aliphatic carbocycles. The zero-order valence-corrected chi connectivity index (χ0v) is 11.3. The van der Waals surface area contributed by atoms with Crippen LogP contribution in [0.3, 0.4) is 0 Å². The Kier molecular flexibility index (Phi) is 4.25. The first-order valence-electron chi connectivity index (χ1n) is 6.68. The van der Waals surface area contributed by atoms with Crippen molar-refractivity contribution in [3.05, 3.63) is 29.3 Å². The highest BCUT2D eigenvalue weighted by Gasteiger charge is 2.32. The van der Waals surface area contributed by atoms with Crippen molar-refractivity contribution in [3.63, 3.8) is 0 Å². The molecule has 3 heteroatoms. The molecule has 1 fully saturated rings. The molecule has 0 bridgehead atoms. The summed E-state index contributed by atoms with van der Waals surface area (Å²) in [5.41, 5.74) is 2.30. The lowest BCUT2D eigenvalue weighted by Gasteiger charge is -2.31. The van der Waals surface area contributed by atoms with Crippen LogP contribution in [0, 0.1) is 6.92 Å². The zero-order chi connectivity index (χ0) is 13.0. The Balaban J connectivity index is 2.33. The minimum Gasteiger partial charge on any atom is -0.496 e. The van der Waals surface area contributed by atoms with Crippen molar-refractivity contribution in [3.8, 4) is 5.75 Å². The quantitative estimate of drug-likeness (QED) is 0.861. The van der Waals surface area contributed by atoms with Gasteiger partial charge >= 0.3 is 0 Å². The standard InChI is InChI=1S/C15H23NO2/c1-12-10-13(4-5-14(12)18-2)15(11-17)6-3-8-16-9-7-15/h4-5,10,16-17H,3,6-9,11H2,1-2H3. The Morgan fingerprint density at radius 2 is 2.17 bits per heavy atom. The third kappa shape index (κ3) is 2.52. The predicted octanol–water partition coefficient (Wildman–Crippen LogP) is 2.01. The molecule has 3 nitrogen and oxygen atoms in total.